The summed E-state index contributed by atoms with van der Waals surface area (Å²) in [5.41, 5.74) is 0.434. The summed E-state index contributed by atoms with van der Waals surface area (Å²) < 4.78 is 10.5. The van der Waals surface area contributed by atoms with Crippen molar-refractivity contribution in [2.75, 3.05) is 19.5 Å². The molecule has 0 aromatic heterocycles. The third-order valence-electron chi connectivity index (χ3n) is 7.13. The molecule has 2 saturated carbocycles. The first-order chi connectivity index (χ1) is 14.0. The summed E-state index contributed by atoms with van der Waals surface area (Å²) in [4.78, 5) is 40.5. The van der Waals surface area contributed by atoms with Crippen molar-refractivity contribution >= 4 is 23.4 Å². The van der Waals surface area contributed by atoms with Crippen LogP contribution in [0.15, 0.2) is 30.4 Å². The van der Waals surface area contributed by atoms with Crippen LogP contribution in [0, 0.1) is 35.5 Å². The highest BCUT2D eigenvalue weighted by molar-refractivity contribution is 6.10. The molecule has 29 heavy (non-hydrogen) atoms. The Kier molecular flexibility index (Phi) is 3.98. The third kappa shape index (κ3) is 2.52. The fourth-order valence-corrected chi connectivity index (χ4v) is 5.63. The van der Waals surface area contributed by atoms with E-state index in [-0.39, 0.29) is 35.5 Å². The molecule has 1 aromatic rings. The summed E-state index contributed by atoms with van der Waals surface area (Å²) >= 11 is 0. The second-order valence-electron chi connectivity index (χ2n) is 8.43. The molecule has 1 N–H and O–H groups in total. The van der Waals surface area contributed by atoms with E-state index in [4.69, 9.17) is 9.47 Å². The van der Waals surface area contributed by atoms with Crippen LogP contribution in [0.5, 0.6) is 11.5 Å². The Hall–Kier alpha value is -2.83. The minimum atomic E-state index is -0.896. The van der Waals surface area contributed by atoms with Gasteiger partial charge in [-0.15, -0.1) is 0 Å². The van der Waals surface area contributed by atoms with E-state index in [0.717, 1.165) is 6.42 Å². The summed E-state index contributed by atoms with van der Waals surface area (Å²) in [7, 11) is 3.04. The van der Waals surface area contributed by atoms with Crippen LogP contribution >= 0.6 is 0 Å². The van der Waals surface area contributed by atoms with Gasteiger partial charge in [-0.05, 0) is 49.1 Å². The number of likely N-dealkylation sites (tertiary alicyclic amines) is 1. The van der Waals surface area contributed by atoms with E-state index in [1.54, 1.807) is 25.1 Å². The highest BCUT2D eigenvalue weighted by Gasteiger charge is 2.67. The number of methoxy groups -OCH3 is 2. The molecule has 0 radical (unpaired) electrons. The zero-order valence-corrected chi connectivity index (χ0v) is 16.6. The van der Waals surface area contributed by atoms with E-state index < -0.39 is 11.9 Å². The standard InChI is InChI=1S/C22H24N2O5/c1-10(20(25)23-16-8-11(28-2)4-7-17(16)29-3)24-21(26)18-12-5-6-13(15-9-14(12)15)19(18)22(24)27/h4-8,10,12-15,18-19H,9H2,1-3H3,(H,23,25). The molecule has 7 atom stereocenters. The van der Waals surface area contributed by atoms with E-state index in [0.29, 0.717) is 29.0 Å². The zero-order valence-electron chi connectivity index (χ0n) is 16.6. The van der Waals surface area contributed by atoms with Crippen molar-refractivity contribution in [3.05, 3.63) is 30.4 Å². The second-order valence-corrected chi connectivity index (χ2v) is 8.43. The summed E-state index contributed by atoms with van der Waals surface area (Å²) in [5, 5.41) is 2.79. The van der Waals surface area contributed by atoms with Crippen molar-refractivity contribution in [1.82, 2.24) is 4.90 Å². The molecule has 1 aliphatic heterocycles. The van der Waals surface area contributed by atoms with Crippen molar-refractivity contribution in [1.29, 1.82) is 0 Å². The van der Waals surface area contributed by atoms with Gasteiger partial charge in [-0.25, -0.2) is 0 Å². The quantitative estimate of drug-likeness (QED) is 0.609. The lowest BCUT2D eigenvalue weighted by Gasteiger charge is -2.37. The molecule has 7 nitrogen and oxygen atoms in total. The molecule has 3 amide bonds. The summed E-state index contributed by atoms with van der Waals surface area (Å²) in [5.74, 6) is 0.955. The Morgan fingerprint density at radius 3 is 2.24 bits per heavy atom. The first-order valence-corrected chi connectivity index (χ1v) is 10.0. The zero-order chi connectivity index (χ0) is 20.4. The smallest absolute Gasteiger partial charge is 0.247 e. The Morgan fingerprint density at radius 1 is 1.07 bits per heavy atom. The number of anilines is 1. The number of ether oxygens (including phenoxy) is 2. The highest BCUT2D eigenvalue weighted by atomic mass is 16.5. The molecule has 5 aliphatic rings. The van der Waals surface area contributed by atoms with Gasteiger partial charge in [0.15, 0.2) is 0 Å². The van der Waals surface area contributed by atoms with Crippen LogP contribution in [0.2, 0.25) is 0 Å². The average Bonchev–Trinajstić information content (AvgIpc) is 3.51. The number of rotatable bonds is 5. The number of nitrogens with zero attached hydrogens (tertiary/aromatic N) is 1. The Bertz CT molecular complexity index is 905. The predicted molar refractivity (Wildman–Crippen MR) is 104 cm³/mol. The molecule has 6 rings (SSSR count). The maximum atomic E-state index is 13.2. The van der Waals surface area contributed by atoms with Gasteiger partial charge >= 0.3 is 0 Å². The van der Waals surface area contributed by atoms with E-state index in [9.17, 15) is 14.4 Å². The SMILES string of the molecule is COc1ccc(OC)c(NC(=O)C(C)N2C(=O)C3C4C=CC(C5CC45)C3C2=O)c1. The third-order valence-corrected chi connectivity index (χ3v) is 7.13. The van der Waals surface area contributed by atoms with Gasteiger partial charge in [0.25, 0.3) is 0 Å². The van der Waals surface area contributed by atoms with Crippen LogP contribution in [-0.2, 0) is 14.4 Å². The molecule has 7 heteroatoms. The summed E-state index contributed by atoms with van der Waals surface area (Å²) in [6.45, 7) is 1.60. The molecule has 1 heterocycles. The van der Waals surface area contributed by atoms with Gasteiger partial charge in [-0.2, -0.15) is 0 Å². The maximum absolute atomic E-state index is 13.2. The van der Waals surface area contributed by atoms with Gasteiger partial charge < -0.3 is 14.8 Å². The van der Waals surface area contributed by atoms with Crippen molar-refractivity contribution in [2.24, 2.45) is 35.5 Å². The number of benzene rings is 1. The fraction of sp³-hybridized carbons (Fsp3) is 0.500. The number of amides is 3. The first-order valence-electron chi connectivity index (χ1n) is 10.0. The minimum Gasteiger partial charge on any atom is -0.497 e. The Morgan fingerprint density at radius 2 is 1.69 bits per heavy atom. The van der Waals surface area contributed by atoms with Gasteiger partial charge in [0.05, 0.1) is 31.7 Å². The number of imide groups is 1. The monoisotopic (exact) mass is 396 g/mol. The summed E-state index contributed by atoms with van der Waals surface area (Å²) in [6, 6.07) is 4.17. The molecule has 152 valence electrons. The maximum Gasteiger partial charge on any atom is 0.247 e. The molecular weight excluding hydrogens is 372 g/mol. The van der Waals surface area contributed by atoms with E-state index in [1.807, 2.05) is 0 Å². The molecule has 0 spiro atoms. The van der Waals surface area contributed by atoms with Gasteiger partial charge in [0, 0.05) is 6.07 Å². The van der Waals surface area contributed by atoms with Crippen LogP contribution < -0.4 is 14.8 Å². The van der Waals surface area contributed by atoms with Crippen LogP contribution in [0.1, 0.15) is 13.3 Å². The van der Waals surface area contributed by atoms with E-state index >= 15 is 0 Å². The lowest BCUT2D eigenvalue weighted by molar-refractivity contribution is -0.146. The number of hydrogen-bond donors (Lipinski definition) is 1. The molecule has 4 aliphatic carbocycles. The van der Waals surface area contributed by atoms with Crippen molar-refractivity contribution < 1.29 is 23.9 Å². The number of nitrogens with one attached hydrogen (secondary N) is 1. The van der Waals surface area contributed by atoms with Crippen LogP contribution in [0.4, 0.5) is 5.69 Å². The number of hydrogen-bond acceptors (Lipinski definition) is 5. The van der Waals surface area contributed by atoms with Crippen molar-refractivity contribution in [3.8, 4) is 11.5 Å². The summed E-state index contributed by atoms with van der Waals surface area (Å²) in [6.07, 6.45) is 5.36. The number of allylic oxidation sites excluding steroid dienone is 2. The molecule has 2 bridgehead atoms. The second kappa shape index (κ2) is 6.34. The highest BCUT2D eigenvalue weighted by Crippen LogP contribution is 2.65. The van der Waals surface area contributed by atoms with Crippen molar-refractivity contribution in [3.63, 3.8) is 0 Å². The topological polar surface area (TPSA) is 84.9 Å². The molecule has 3 fully saturated rings. The minimum absolute atomic E-state index is 0.144. The lowest BCUT2D eigenvalue weighted by atomic mass is 9.63. The van der Waals surface area contributed by atoms with Gasteiger partial charge in [0.1, 0.15) is 17.5 Å². The van der Waals surface area contributed by atoms with E-state index in [2.05, 4.69) is 17.5 Å². The normalized spacial score (nSPS) is 34.5. The predicted octanol–water partition coefficient (Wildman–Crippen LogP) is 2.08. The van der Waals surface area contributed by atoms with Crippen LogP contribution in [-0.4, -0.2) is 42.9 Å². The van der Waals surface area contributed by atoms with Crippen molar-refractivity contribution in [2.45, 2.75) is 19.4 Å². The van der Waals surface area contributed by atoms with E-state index in [1.165, 1.54) is 19.1 Å². The largest absolute Gasteiger partial charge is 0.497 e. The van der Waals surface area contributed by atoms with Gasteiger partial charge in [-0.1, -0.05) is 12.2 Å². The molecule has 7 unspecified atom stereocenters. The molecular formula is C22H24N2O5. The van der Waals surface area contributed by atoms with Crippen LogP contribution in [0.3, 0.4) is 0 Å². The number of carbonyl (C=O) groups excluding carboxylic acids is 3. The fourth-order valence-electron chi connectivity index (χ4n) is 5.63. The Balaban J connectivity index is 1.38. The molecule has 1 aromatic carbocycles. The Labute approximate surface area is 169 Å². The van der Waals surface area contributed by atoms with Gasteiger partial charge in [-0.3, -0.25) is 19.3 Å². The number of carbonyl (C=O) groups is 3. The van der Waals surface area contributed by atoms with Crippen LogP contribution in [0.25, 0.3) is 0 Å². The van der Waals surface area contributed by atoms with Gasteiger partial charge in [0.2, 0.25) is 17.7 Å². The molecule has 1 saturated heterocycles. The average molecular weight is 396 g/mol. The first kappa shape index (κ1) is 18.2. The lowest BCUT2D eigenvalue weighted by Crippen LogP contribution is -2.46.